The summed E-state index contributed by atoms with van der Waals surface area (Å²) in [5.74, 6) is 2.29. The van der Waals surface area contributed by atoms with E-state index in [2.05, 4.69) is 4.98 Å². The average molecular weight is 461 g/mol. The van der Waals surface area contributed by atoms with Crippen LogP contribution in [0.15, 0.2) is 66.7 Å². The van der Waals surface area contributed by atoms with Gasteiger partial charge in [-0.25, -0.2) is 19.0 Å². The van der Waals surface area contributed by atoms with Crippen LogP contribution in [0.5, 0.6) is 5.75 Å². The topological polar surface area (TPSA) is 59.3 Å². The number of benzene rings is 2. The highest BCUT2D eigenvalue weighted by molar-refractivity contribution is 5.64. The molecule has 0 spiro atoms. The first kappa shape index (κ1) is 23.2. The molecule has 1 atom stereocenters. The highest BCUT2D eigenvalue weighted by Gasteiger charge is 2.20. The van der Waals surface area contributed by atoms with Gasteiger partial charge in [0.05, 0.1) is 11.7 Å². The van der Waals surface area contributed by atoms with Gasteiger partial charge in [-0.05, 0) is 49.4 Å². The molecule has 0 aliphatic heterocycles. The van der Waals surface area contributed by atoms with Crippen LogP contribution in [-0.4, -0.2) is 54.5 Å². The van der Waals surface area contributed by atoms with Crippen LogP contribution in [-0.2, 0) is 0 Å². The second kappa shape index (κ2) is 9.91. The Bertz CT molecular complexity index is 1260. The maximum Gasteiger partial charge on any atom is 0.200 e. The van der Waals surface area contributed by atoms with Crippen LogP contribution in [0.2, 0.25) is 0 Å². The van der Waals surface area contributed by atoms with Crippen LogP contribution >= 0.6 is 0 Å². The fourth-order valence-electron chi connectivity index (χ4n) is 3.55. The van der Waals surface area contributed by atoms with E-state index in [1.807, 2.05) is 94.6 Å². The predicted octanol–water partition coefficient (Wildman–Crippen LogP) is 4.92. The van der Waals surface area contributed by atoms with Crippen LogP contribution in [0.1, 0.15) is 13.0 Å². The van der Waals surface area contributed by atoms with Gasteiger partial charge < -0.3 is 14.5 Å². The van der Waals surface area contributed by atoms with Gasteiger partial charge in [0.15, 0.2) is 11.6 Å². The summed E-state index contributed by atoms with van der Waals surface area (Å²) in [5, 5.41) is 4.77. The van der Waals surface area contributed by atoms with E-state index in [9.17, 15) is 4.39 Å². The van der Waals surface area contributed by atoms with E-state index in [4.69, 9.17) is 14.8 Å². The fourth-order valence-corrected chi connectivity index (χ4v) is 3.55. The van der Waals surface area contributed by atoms with E-state index >= 15 is 0 Å². The van der Waals surface area contributed by atoms with E-state index in [0.29, 0.717) is 35.2 Å². The number of rotatable bonds is 8. The standard InChI is InChI=1S/C26H29FN6O/c1-18(17-34-20-10-7-6-8-11-20)33-26(19-14-15-23(31(2)3)21(27)16-19)29-25(30-33)22-12-9-13-24(28-22)32(4)5/h6-16,18H,17H2,1-5H3. The molecular formula is C26H29FN6O. The van der Waals surface area contributed by atoms with Crippen LogP contribution < -0.4 is 14.5 Å². The minimum absolute atomic E-state index is 0.162. The number of nitrogens with zero attached hydrogens (tertiary/aromatic N) is 6. The second-order valence-corrected chi connectivity index (χ2v) is 8.51. The molecule has 0 saturated carbocycles. The Labute approximate surface area is 199 Å². The van der Waals surface area contributed by atoms with Crippen molar-refractivity contribution in [3.8, 4) is 28.7 Å². The van der Waals surface area contributed by atoms with Gasteiger partial charge >= 0.3 is 0 Å². The molecule has 0 radical (unpaired) electrons. The molecule has 0 bridgehead atoms. The molecule has 4 aromatic rings. The van der Waals surface area contributed by atoms with Crippen molar-refractivity contribution in [2.45, 2.75) is 13.0 Å². The molecule has 2 aromatic heterocycles. The van der Waals surface area contributed by atoms with Gasteiger partial charge in [0, 0.05) is 33.8 Å². The SMILES string of the molecule is CC(COc1ccccc1)n1nc(-c2cccc(N(C)C)n2)nc1-c1ccc(N(C)C)c(F)c1. The average Bonchev–Trinajstić information content (AvgIpc) is 3.29. The number of para-hydroxylation sites is 1. The number of halogens is 1. The van der Waals surface area contributed by atoms with E-state index in [1.165, 1.54) is 6.07 Å². The molecule has 4 rings (SSSR count). The van der Waals surface area contributed by atoms with Crippen LogP contribution in [0, 0.1) is 5.82 Å². The fraction of sp³-hybridized carbons (Fsp3) is 0.269. The third-order valence-corrected chi connectivity index (χ3v) is 5.39. The smallest absolute Gasteiger partial charge is 0.200 e. The molecular weight excluding hydrogens is 431 g/mol. The molecule has 0 amide bonds. The first-order valence-electron chi connectivity index (χ1n) is 11.1. The number of hydrogen-bond acceptors (Lipinski definition) is 6. The third kappa shape index (κ3) is 5.01. The molecule has 2 aromatic carbocycles. The Hall–Kier alpha value is -3.94. The van der Waals surface area contributed by atoms with Gasteiger partial charge in [0.1, 0.15) is 29.7 Å². The molecule has 0 saturated heterocycles. The van der Waals surface area contributed by atoms with E-state index in [-0.39, 0.29) is 11.9 Å². The lowest BCUT2D eigenvalue weighted by atomic mass is 10.1. The first-order chi connectivity index (χ1) is 16.3. The summed E-state index contributed by atoms with van der Waals surface area (Å²) in [7, 11) is 7.49. The van der Waals surface area contributed by atoms with Crippen molar-refractivity contribution in [1.82, 2.24) is 19.7 Å². The van der Waals surface area contributed by atoms with Crippen LogP contribution in [0.25, 0.3) is 22.9 Å². The molecule has 0 N–H and O–H groups in total. The number of aromatic nitrogens is 4. The van der Waals surface area contributed by atoms with Gasteiger partial charge in [-0.2, -0.15) is 0 Å². The highest BCUT2D eigenvalue weighted by atomic mass is 19.1. The molecule has 0 aliphatic rings. The molecule has 2 heterocycles. The largest absolute Gasteiger partial charge is 0.491 e. The summed E-state index contributed by atoms with van der Waals surface area (Å²) in [6.07, 6.45) is 0. The molecule has 176 valence electrons. The van der Waals surface area contributed by atoms with Crippen molar-refractivity contribution in [3.63, 3.8) is 0 Å². The van der Waals surface area contributed by atoms with Gasteiger partial charge in [0.2, 0.25) is 0 Å². The molecule has 0 aliphatic carbocycles. The second-order valence-electron chi connectivity index (χ2n) is 8.51. The Morgan fingerprint density at radius 2 is 1.68 bits per heavy atom. The zero-order valence-corrected chi connectivity index (χ0v) is 20.1. The lowest BCUT2D eigenvalue weighted by molar-refractivity contribution is 0.252. The Morgan fingerprint density at radius 3 is 2.35 bits per heavy atom. The van der Waals surface area contributed by atoms with Crippen molar-refractivity contribution in [2.75, 3.05) is 44.6 Å². The van der Waals surface area contributed by atoms with Gasteiger partial charge in [-0.15, -0.1) is 5.10 Å². The lowest BCUT2D eigenvalue weighted by Crippen LogP contribution is -2.17. The Morgan fingerprint density at radius 1 is 0.912 bits per heavy atom. The van der Waals surface area contributed by atoms with Crippen molar-refractivity contribution in [2.24, 2.45) is 0 Å². The normalized spacial score (nSPS) is 11.8. The van der Waals surface area contributed by atoms with Crippen LogP contribution in [0.3, 0.4) is 0 Å². The monoisotopic (exact) mass is 460 g/mol. The molecule has 0 fully saturated rings. The number of ether oxygens (including phenoxy) is 1. The van der Waals surface area contributed by atoms with Crippen LogP contribution in [0.4, 0.5) is 15.9 Å². The van der Waals surface area contributed by atoms with Crippen molar-refractivity contribution in [3.05, 3.63) is 72.5 Å². The highest BCUT2D eigenvalue weighted by Crippen LogP contribution is 2.29. The zero-order chi connectivity index (χ0) is 24.2. The summed E-state index contributed by atoms with van der Waals surface area (Å²) in [5.41, 5.74) is 1.79. The molecule has 1 unspecified atom stereocenters. The minimum Gasteiger partial charge on any atom is -0.491 e. The summed E-state index contributed by atoms with van der Waals surface area (Å²) in [6, 6.07) is 20.3. The quantitative estimate of drug-likeness (QED) is 0.372. The van der Waals surface area contributed by atoms with Crippen molar-refractivity contribution < 1.29 is 9.13 Å². The van der Waals surface area contributed by atoms with Crippen molar-refractivity contribution >= 4 is 11.5 Å². The van der Waals surface area contributed by atoms with E-state index in [1.54, 1.807) is 15.6 Å². The molecule has 8 heteroatoms. The summed E-state index contributed by atoms with van der Waals surface area (Å²) < 4.78 is 22.6. The summed E-state index contributed by atoms with van der Waals surface area (Å²) >= 11 is 0. The maximum atomic E-state index is 14.8. The summed E-state index contributed by atoms with van der Waals surface area (Å²) in [6.45, 7) is 2.38. The number of hydrogen-bond donors (Lipinski definition) is 0. The van der Waals surface area contributed by atoms with E-state index in [0.717, 1.165) is 11.6 Å². The zero-order valence-electron chi connectivity index (χ0n) is 20.1. The van der Waals surface area contributed by atoms with E-state index < -0.39 is 0 Å². The predicted molar refractivity (Wildman–Crippen MR) is 134 cm³/mol. The minimum atomic E-state index is -0.320. The van der Waals surface area contributed by atoms with Crippen molar-refractivity contribution in [1.29, 1.82) is 0 Å². The first-order valence-corrected chi connectivity index (χ1v) is 11.1. The maximum absolute atomic E-state index is 14.8. The third-order valence-electron chi connectivity index (χ3n) is 5.39. The lowest BCUT2D eigenvalue weighted by Gasteiger charge is -2.17. The van der Waals surface area contributed by atoms with Gasteiger partial charge in [0.25, 0.3) is 0 Å². The summed E-state index contributed by atoms with van der Waals surface area (Å²) in [4.78, 5) is 13.1. The molecule has 7 nitrogen and oxygen atoms in total. The number of anilines is 2. The van der Waals surface area contributed by atoms with Gasteiger partial charge in [-0.3, -0.25) is 0 Å². The van der Waals surface area contributed by atoms with Gasteiger partial charge in [-0.1, -0.05) is 24.3 Å². The number of pyridine rings is 1. The molecule has 34 heavy (non-hydrogen) atoms. The Balaban J connectivity index is 1.74. The Kier molecular flexibility index (Phi) is 6.77.